The molecule has 4 rings (SSSR count). The van der Waals surface area contributed by atoms with E-state index in [0.717, 1.165) is 17.0 Å². The van der Waals surface area contributed by atoms with Crippen molar-refractivity contribution in [1.82, 2.24) is 24.6 Å². The van der Waals surface area contributed by atoms with Crippen LogP contribution in [0.1, 0.15) is 10.5 Å². The first-order valence-electron chi connectivity index (χ1n) is 9.15. The van der Waals surface area contributed by atoms with Gasteiger partial charge in [-0.1, -0.05) is 0 Å². The SMILES string of the molecule is COc1ccc(-c2cc(C(=O)N3CCN(c4ncccn4)CC3)nn2C)cc1. The van der Waals surface area contributed by atoms with Gasteiger partial charge in [0.05, 0.1) is 12.8 Å². The highest BCUT2D eigenvalue weighted by atomic mass is 16.5. The number of ether oxygens (including phenoxy) is 1. The molecule has 3 aromatic rings. The summed E-state index contributed by atoms with van der Waals surface area (Å²) in [5.74, 6) is 1.45. The van der Waals surface area contributed by atoms with Crippen molar-refractivity contribution in [2.75, 3.05) is 38.2 Å². The van der Waals surface area contributed by atoms with Gasteiger partial charge in [0.1, 0.15) is 5.75 Å². The van der Waals surface area contributed by atoms with Crippen molar-refractivity contribution in [3.8, 4) is 17.0 Å². The predicted molar refractivity (Wildman–Crippen MR) is 105 cm³/mol. The van der Waals surface area contributed by atoms with Crippen molar-refractivity contribution < 1.29 is 9.53 Å². The summed E-state index contributed by atoms with van der Waals surface area (Å²) in [6.45, 7) is 2.64. The highest BCUT2D eigenvalue weighted by molar-refractivity contribution is 5.93. The van der Waals surface area contributed by atoms with Gasteiger partial charge < -0.3 is 14.5 Å². The number of aryl methyl sites for hydroxylation is 1. The molecule has 0 N–H and O–H groups in total. The van der Waals surface area contributed by atoms with Crippen molar-refractivity contribution in [2.45, 2.75) is 0 Å². The molecule has 1 fully saturated rings. The molecule has 1 aromatic carbocycles. The number of benzene rings is 1. The quantitative estimate of drug-likeness (QED) is 0.690. The third-order valence-electron chi connectivity index (χ3n) is 4.89. The molecule has 0 spiro atoms. The first-order valence-corrected chi connectivity index (χ1v) is 9.15. The van der Waals surface area contributed by atoms with Crippen LogP contribution in [-0.2, 0) is 7.05 Å². The Morgan fingerprint density at radius 3 is 2.36 bits per heavy atom. The molecular weight excluding hydrogens is 356 g/mol. The molecule has 144 valence electrons. The fraction of sp³-hybridized carbons (Fsp3) is 0.300. The number of piperazine rings is 1. The summed E-state index contributed by atoms with van der Waals surface area (Å²) < 4.78 is 6.94. The lowest BCUT2D eigenvalue weighted by molar-refractivity contribution is 0.0739. The number of hydrogen-bond acceptors (Lipinski definition) is 6. The molecule has 1 aliphatic rings. The zero-order chi connectivity index (χ0) is 19.5. The number of anilines is 1. The van der Waals surface area contributed by atoms with Crippen molar-refractivity contribution in [3.05, 3.63) is 54.5 Å². The van der Waals surface area contributed by atoms with E-state index in [1.165, 1.54) is 0 Å². The van der Waals surface area contributed by atoms with Crippen LogP contribution in [0.25, 0.3) is 11.3 Å². The van der Waals surface area contributed by atoms with E-state index in [9.17, 15) is 4.79 Å². The van der Waals surface area contributed by atoms with Crippen LogP contribution in [0.4, 0.5) is 5.95 Å². The van der Waals surface area contributed by atoms with Crippen LogP contribution in [0.15, 0.2) is 48.8 Å². The Bertz CT molecular complexity index is 947. The zero-order valence-electron chi connectivity index (χ0n) is 15.9. The second-order valence-electron chi connectivity index (χ2n) is 6.59. The summed E-state index contributed by atoms with van der Waals surface area (Å²) in [5, 5.41) is 4.44. The third-order valence-corrected chi connectivity index (χ3v) is 4.89. The molecule has 0 saturated carbocycles. The molecule has 2 aromatic heterocycles. The van der Waals surface area contributed by atoms with Crippen LogP contribution in [0.2, 0.25) is 0 Å². The minimum absolute atomic E-state index is 0.0519. The topological polar surface area (TPSA) is 76.4 Å². The van der Waals surface area contributed by atoms with E-state index in [-0.39, 0.29) is 5.91 Å². The monoisotopic (exact) mass is 378 g/mol. The normalized spacial score (nSPS) is 14.2. The molecule has 8 heteroatoms. The lowest BCUT2D eigenvalue weighted by Crippen LogP contribution is -2.49. The maximum absolute atomic E-state index is 12.9. The lowest BCUT2D eigenvalue weighted by atomic mass is 10.1. The van der Waals surface area contributed by atoms with E-state index in [0.29, 0.717) is 37.8 Å². The van der Waals surface area contributed by atoms with Gasteiger partial charge in [-0.25, -0.2) is 9.97 Å². The Kier molecular flexibility index (Phi) is 4.92. The molecule has 0 radical (unpaired) electrons. The van der Waals surface area contributed by atoms with Gasteiger partial charge in [-0.2, -0.15) is 5.10 Å². The van der Waals surface area contributed by atoms with Crippen LogP contribution in [-0.4, -0.2) is 63.8 Å². The van der Waals surface area contributed by atoms with E-state index in [1.54, 1.807) is 30.3 Å². The fourth-order valence-corrected chi connectivity index (χ4v) is 3.33. The molecule has 1 amide bonds. The Labute approximate surface area is 163 Å². The molecule has 0 atom stereocenters. The van der Waals surface area contributed by atoms with Gasteiger partial charge in [0.15, 0.2) is 5.69 Å². The first-order chi connectivity index (χ1) is 13.7. The summed E-state index contributed by atoms with van der Waals surface area (Å²) in [7, 11) is 3.49. The number of rotatable bonds is 4. The lowest BCUT2D eigenvalue weighted by Gasteiger charge is -2.34. The van der Waals surface area contributed by atoms with Gasteiger partial charge in [0, 0.05) is 51.2 Å². The van der Waals surface area contributed by atoms with Gasteiger partial charge in [0.2, 0.25) is 5.95 Å². The second kappa shape index (κ2) is 7.67. The van der Waals surface area contributed by atoms with Crippen molar-refractivity contribution in [1.29, 1.82) is 0 Å². The van der Waals surface area contributed by atoms with E-state index < -0.39 is 0 Å². The highest BCUT2D eigenvalue weighted by Crippen LogP contribution is 2.23. The zero-order valence-corrected chi connectivity index (χ0v) is 15.9. The second-order valence-corrected chi connectivity index (χ2v) is 6.59. The summed E-state index contributed by atoms with van der Waals surface area (Å²) in [5.41, 5.74) is 2.33. The molecule has 0 aliphatic carbocycles. The molecule has 28 heavy (non-hydrogen) atoms. The largest absolute Gasteiger partial charge is 0.497 e. The van der Waals surface area contributed by atoms with E-state index in [2.05, 4.69) is 20.0 Å². The summed E-state index contributed by atoms with van der Waals surface area (Å²) in [6.07, 6.45) is 3.46. The number of hydrogen-bond donors (Lipinski definition) is 0. The van der Waals surface area contributed by atoms with Crippen molar-refractivity contribution >= 4 is 11.9 Å². The Morgan fingerprint density at radius 2 is 1.71 bits per heavy atom. The molecule has 0 bridgehead atoms. The van der Waals surface area contributed by atoms with Crippen LogP contribution in [0.3, 0.4) is 0 Å². The van der Waals surface area contributed by atoms with Gasteiger partial charge in [0.25, 0.3) is 5.91 Å². The molecular formula is C20H22N6O2. The van der Waals surface area contributed by atoms with Crippen LogP contribution in [0, 0.1) is 0 Å². The van der Waals surface area contributed by atoms with E-state index >= 15 is 0 Å². The average molecular weight is 378 g/mol. The molecule has 1 saturated heterocycles. The van der Waals surface area contributed by atoms with Crippen LogP contribution >= 0.6 is 0 Å². The molecule has 3 heterocycles. The number of methoxy groups -OCH3 is 1. The number of aromatic nitrogens is 4. The number of nitrogens with zero attached hydrogens (tertiary/aromatic N) is 6. The van der Waals surface area contributed by atoms with Gasteiger partial charge >= 0.3 is 0 Å². The maximum atomic E-state index is 12.9. The Balaban J connectivity index is 1.45. The molecule has 8 nitrogen and oxygen atoms in total. The summed E-state index contributed by atoms with van der Waals surface area (Å²) >= 11 is 0. The predicted octanol–water partition coefficient (Wildman–Crippen LogP) is 1.85. The van der Waals surface area contributed by atoms with Gasteiger partial charge in [-0.15, -0.1) is 0 Å². The smallest absolute Gasteiger partial charge is 0.274 e. The maximum Gasteiger partial charge on any atom is 0.274 e. The standard InChI is InChI=1S/C20H22N6O2/c1-24-18(15-4-6-16(28-2)7-5-15)14-17(23-24)19(27)25-10-12-26(13-11-25)20-21-8-3-9-22-20/h3-9,14H,10-13H2,1-2H3. The van der Waals surface area contributed by atoms with Crippen LogP contribution < -0.4 is 9.64 Å². The van der Waals surface area contributed by atoms with Crippen molar-refractivity contribution in [3.63, 3.8) is 0 Å². The number of amides is 1. The fourth-order valence-electron chi connectivity index (χ4n) is 3.33. The van der Waals surface area contributed by atoms with Crippen molar-refractivity contribution in [2.24, 2.45) is 7.05 Å². The number of carbonyl (C=O) groups is 1. The first kappa shape index (κ1) is 18.0. The highest BCUT2D eigenvalue weighted by Gasteiger charge is 2.25. The molecule has 0 unspecified atom stereocenters. The Morgan fingerprint density at radius 1 is 1.04 bits per heavy atom. The van der Waals surface area contributed by atoms with Crippen LogP contribution in [0.5, 0.6) is 5.75 Å². The molecule has 1 aliphatic heterocycles. The summed E-state index contributed by atoms with van der Waals surface area (Å²) in [6, 6.07) is 11.4. The van der Waals surface area contributed by atoms with E-state index in [4.69, 9.17) is 4.74 Å². The minimum atomic E-state index is -0.0519. The average Bonchev–Trinajstić information content (AvgIpc) is 3.15. The van der Waals surface area contributed by atoms with Gasteiger partial charge in [-0.3, -0.25) is 9.48 Å². The summed E-state index contributed by atoms with van der Waals surface area (Å²) in [4.78, 5) is 25.4. The minimum Gasteiger partial charge on any atom is -0.497 e. The number of carbonyl (C=O) groups excluding carboxylic acids is 1. The third kappa shape index (κ3) is 3.53. The van der Waals surface area contributed by atoms with Gasteiger partial charge in [-0.05, 0) is 36.4 Å². The Hall–Kier alpha value is -3.42. The van der Waals surface area contributed by atoms with E-state index in [1.807, 2.05) is 42.3 Å².